The van der Waals surface area contributed by atoms with Crippen molar-refractivity contribution in [2.24, 2.45) is 0 Å². The molecule has 1 heterocycles. The predicted octanol–water partition coefficient (Wildman–Crippen LogP) is 3.86. The van der Waals surface area contributed by atoms with Gasteiger partial charge in [-0.2, -0.15) is 5.10 Å². The van der Waals surface area contributed by atoms with Gasteiger partial charge < -0.3 is 5.11 Å². The summed E-state index contributed by atoms with van der Waals surface area (Å²) >= 11 is 0. The van der Waals surface area contributed by atoms with Crippen LogP contribution in [0, 0.1) is 13.8 Å². The minimum Gasteiger partial charge on any atom is -0.493 e. The molecule has 0 radical (unpaired) electrons. The van der Waals surface area contributed by atoms with Crippen LogP contribution in [0.1, 0.15) is 11.1 Å². The molecule has 1 N–H and O–H groups in total. The molecule has 0 aliphatic heterocycles. The lowest BCUT2D eigenvalue weighted by Gasteiger charge is -2.06. The first-order valence-electron chi connectivity index (χ1n) is 6.58. The molecule has 2 aromatic carbocycles. The van der Waals surface area contributed by atoms with Gasteiger partial charge in [-0.15, -0.1) is 0 Å². The van der Waals surface area contributed by atoms with Gasteiger partial charge in [0.1, 0.15) is 0 Å². The van der Waals surface area contributed by atoms with E-state index in [2.05, 4.69) is 5.10 Å². The SMILES string of the molecule is Cc1ccccc1-c1cc(O)n(-c2ccccc2C)n1. The summed E-state index contributed by atoms with van der Waals surface area (Å²) in [4.78, 5) is 0. The zero-order valence-electron chi connectivity index (χ0n) is 11.5. The summed E-state index contributed by atoms with van der Waals surface area (Å²) in [6.45, 7) is 4.04. The summed E-state index contributed by atoms with van der Waals surface area (Å²) in [7, 11) is 0. The van der Waals surface area contributed by atoms with Crippen LogP contribution in [0.25, 0.3) is 16.9 Å². The number of para-hydroxylation sites is 1. The van der Waals surface area contributed by atoms with Crippen LogP contribution < -0.4 is 0 Å². The quantitative estimate of drug-likeness (QED) is 0.763. The van der Waals surface area contributed by atoms with Gasteiger partial charge in [0.2, 0.25) is 5.88 Å². The maximum absolute atomic E-state index is 10.2. The van der Waals surface area contributed by atoms with E-state index in [1.807, 2.05) is 62.4 Å². The first-order valence-corrected chi connectivity index (χ1v) is 6.58. The standard InChI is InChI=1S/C17H16N2O/c1-12-7-3-5-9-14(12)15-11-17(20)19(18-15)16-10-6-4-8-13(16)2/h3-11,20H,1-2H3. The molecule has 0 unspecified atom stereocenters. The molecule has 0 bridgehead atoms. The van der Waals surface area contributed by atoms with Gasteiger partial charge in [0.25, 0.3) is 0 Å². The van der Waals surface area contributed by atoms with Crippen LogP contribution in [0.4, 0.5) is 0 Å². The van der Waals surface area contributed by atoms with Crippen LogP contribution in [-0.4, -0.2) is 14.9 Å². The molecule has 0 saturated heterocycles. The number of aryl methyl sites for hydroxylation is 2. The minimum absolute atomic E-state index is 0.151. The molecule has 0 aliphatic rings. The largest absolute Gasteiger partial charge is 0.493 e. The zero-order valence-corrected chi connectivity index (χ0v) is 11.5. The fourth-order valence-electron chi connectivity index (χ4n) is 2.34. The first-order chi connectivity index (χ1) is 9.66. The van der Waals surface area contributed by atoms with Gasteiger partial charge in [0.15, 0.2) is 0 Å². The van der Waals surface area contributed by atoms with Crippen molar-refractivity contribution in [3.05, 3.63) is 65.7 Å². The monoisotopic (exact) mass is 264 g/mol. The average molecular weight is 264 g/mol. The lowest BCUT2D eigenvalue weighted by molar-refractivity contribution is 0.433. The third kappa shape index (κ3) is 2.07. The Hall–Kier alpha value is -2.55. The number of hydrogen-bond acceptors (Lipinski definition) is 2. The van der Waals surface area contributed by atoms with Gasteiger partial charge in [-0.05, 0) is 31.0 Å². The summed E-state index contributed by atoms with van der Waals surface area (Å²) in [5.41, 5.74) is 4.92. The fourth-order valence-corrected chi connectivity index (χ4v) is 2.34. The molecule has 0 atom stereocenters. The molecule has 3 rings (SSSR count). The Morgan fingerprint density at radius 1 is 0.900 bits per heavy atom. The Kier molecular flexibility index (Phi) is 3.03. The van der Waals surface area contributed by atoms with E-state index >= 15 is 0 Å². The number of nitrogens with zero attached hydrogens (tertiary/aromatic N) is 2. The van der Waals surface area contributed by atoms with Crippen LogP contribution in [0.3, 0.4) is 0 Å². The van der Waals surface area contributed by atoms with E-state index in [0.29, 0.717) is 0 Å². The van der Waals surface area contributed by atoms with Crippen molar-refractivity contribution in [2.75, 3.05) is 0 Å². The summed E-state index contributed by atoms with van der Waals surface area (Å²) in [5, 5.41) is 14.7. The van der Waals surface area contributed by atoms with Gasteiger partial charge >= 0.3 is 0 Å². The van der Waals surface area contributed by atoms with Gasteiger partial charge in [-0.25, -0.2) is 4.68 Å². The van der Waals surface area contributed by atoms with E-state index in [4.69, 9.17) is 0 Å². The lowest BCUT2D eigenvalue weighted by Crippen LogP contribution is -1.98. The Morgan fingerprint density at radius 2 is 1.55 bits per heavy atom. The third-order valence-electron chi connectivity index (χ3n) is 3.46. The second-order valence-electron chi connectivity index (χ2n) is 4.90. The average Bonchev–Trinajstić information content (AvgIpc) is 2.81. The molecule has 0 amide bonds. The van der Waals surface area contributed by atoms with E-state index in [-0.39, 0.29) is 5.88 Å². The van der Waals surface area contributed by atoms with Crippen molar-refractivity contribution in [3.63, 3.8) is 0 Å². The highest BCUT2D eigenvalue weighted by Crippen LogP contribution is 2.28. The maximum Gasteiger partial charge on any atom is 0.214 e. The van der Waals surface area contributed by atoms with Crippen molar-refractivity contribution in [3.8, 4) is 22.8 Å². The summed E-state index contributed by atoms with van der Waals surface area (Å²) < 4.78 is 1.58. The van der Waals surface area contributed by atoms with E-state index in [1.165, 1.54) is 0 Å². The summed E-state index contributed by atoms with van der Waals surface area (Å²) in [6.07, 6.45) is 0. The highest BCUT2D eigenvalue weighted by molar-refractivity contribution is 5.65. The first kappa shape index (κ1) is 12.5. The smallest absolute Gasteiger partial charge is 0.214 e. The molecule has 0 aliphatic carbocycles. The van der Waals surface area contributed by atoms with Crippen molar-refractivity contribution in [1.29, 1.82) is 0 Å². The maximum atomic E-state index is 10.2. The van der Waals surface area contributed by atoms with Gasteiger partial charge in [-0.1, -0.05) is 42.5 Å². The predicted molar refractivity (Wildman–Crippen MR) is 80.1 cm³/mol. The van der Waals surface area contributed by atoms with Crippen molar-refractivity contribution in [2.45, 2.75) is 13.8 Å². The number of rotatable bonds is 2. The lowest BCUT2D eigenvalue weighted by atomic mass is 10.1. The molecule has 0 fully saturated rings. The van der Waals surface area contributed by atoms with Gasteiger partial charge in [0.05, 0.1) is 11.4 Å². The van der Waals surface area contributed by atoms with Crippen molar-refractivity contribution >= 4 is 0 Å². The van der Waals surface area contributed by atoms with Gasteiger partial charge in [0, 0.05) is 11.6 Å². The molecule has 3 aromatic rings. The summed E-state index contributed by atoms with van der Waals surface area (Å²) in [5.74, 6) is 0.151. The molecule has 3 nitrogen and oxygen atoms in total. The second kappa shape index (κ2) is 4.85. The van der Waals surface area contributed by atoms with Crippen LogP contribution in [0.15, 0.2) is 54.6 Å². The number of aromatic nitrogens is 2. The van der Waals surface area contributed by atoms with Gasteiger partial charge in [-0.3, -0.25) is 0 Å². The topological polar surface area (TPSA) is 38.0 Å². The van der Waals surface area contributed by atoms with Crippen LogP contribution in [0.5, 0.6) is 5.88 Å². The zero-order chi connectivity index (χ0) is 14.1. The van der Waals surface area contributed by atoms with Crippen molar-refractivity contribution < 1.29 is 5.11 Å². The normalized spacial score (nSPS) is 10.7. The third-order valence-corrected chi connectivity index (χ3v) is 3.46. The molecule has 1 aromatic heterocycles. The molecule has 3 heteroatoms. The van der Waals surface area contributed by atoms with Crippen molar-refractivity contribution in [1.82, 2.24) is 9.78 Å². The van der Waals surface area contributed by atoms with E-state index in [1.54, 1.807) is 10.7 Å². The van der Waals surface area contributed by atoms with E-state index in [0.717, 1.165) is 28.1 Å². The number of benzene rings is 2. The second-order valence-corrected chi connectivity index (χ2v) is 4.90. The molecule has 20 heavy (non-hydrogen) atoms. The molecular formula is C17H16N2O. The number of aromatic hydroxyl groups is 1. The summed E-state index contributed by atoms with van der Waals surface area (Å²) in [6, 6.07) is 17.6. The Balaban J connectivity index is 2.13. The minimum atomic E-state index is 0.151. The van der Waals surface area contributed by atoms with E-state index < -0.39 is 0 Å². The van der Waals surface area contributed by atoms with Crippen LogP contribution in [0.2, 0.25) is 0 Å². The highest BCUT2D eigenvalue weighted by Gasteiger charge is 2.12. The Morgan fingerprint density at radius 3 is 2.25 bits per heavy atom. The Bertz CT molecular complexity index is 759. The molecule has 0 spiro atoms. The fraction of sp³-hybridized carbons (Fsp3) is 0.118. The highest BCUT2D eigenvalue weighted by atomic mass is 16.3. The number of hydrogen-bond donors (Lipinski definition) is 1. The molecular weight excluding hydrogens is 248 g/mol. The molecule has 100 valence electrons. The van der Waals surface area contributed by atoms with Crippen LogP contribution >= 0.6 is 0 Å². The van der Waals surface area contributed by atoms with E-state index in [9.17, 15) is 5.11 Å². The molecule has 0 saturated carbocycles. The van der Waals surface area contributed by atoms with Crippen LogP contribution in [-0.2, 0) is 0 Å². The Labute approximate surface area is 118 Å².